The maximum absolute atomic E-state index is 12.3. The zero-order valence-electron chi connectivity index (χ0n) is 22.2. The van der Waals surface area contributed by atoms with E-state index in [1.807, 2.05) is 84.9 Å². The van der Waals surface area contributed by atoms with Gasteiger partial charge in [-0.05, 0) is 41.0 Å². The number of carbonyl (C=O) groups is 1. The van der Waals surface area contributed by atoms with Crippen molar-refractivity contribution < 1.29 is 23.8 Å². The minimum absolute atomic E-state index is 0.0118. The maximum Gasteiger partial charge on any atom is 0.307 e. The van der Waals surface area contributed by atoms with Gasteiger partial charge in [-0.2, -0.15) is 5.26 Å². The highest BCUT2D eigenvalue weighted by molar-refractivity contribution is 6.01. The SMILES string of the molecule is CO/N=C(/COc1ccc(COc2ccc(C(C#N)CC(=O)OCc3ccccc3)cc2)cc1)c1ccccc1. The average molecular weight is 535 g/mol. The van der Waals surface area contributed by atoms with E-state index in [0.29, 0.717) is 23.8 Å². The summed E-state index contributed by atoms with van der Waals surface area (Å²) in [7, 11) is 1.51. The molecule has 1 atom stereocenters. The van der Waals surface area contributed by atoms with E-state index in [0.717, 1.165) is 22.3 Å². The van der Waals surface area contributed by atoms with Crippen LogP contribution in [0.5, 0.6) is 11.5 Å². The van der Waals surface area contributed by atoms with Gasteiger partial charge in [0.15, 0.2) is 0 Å². The molecule has 0 saturated carbocycles. The van der Waals surface area contributed by atoms with Crippen LogP contribution in [0.4, 0.5) is 0 Å². The molecular formula is C33H30N2O5. The molecule has 0 aliphatic rings. The Kier molecular flexibility index (Phi) is 10.3. The molecule has 40 heavy (non-hydrogen) atoms. The van der Waals surface area contributed by atoms with Gasteiger partial charge in [0.25, 0.3) is 0 Å². The van der Waals surface area contributed by atoms with Crippen molar-refractivity contribution in [3.8, 4) is 17.6 Å². The Morgan fingerprint density at radius 1 is 0.775 bits per heavy atom. The van der Waals surface area contributed by atoms with Gasteiger partial charge in [-0.1, -0.05) is 90.1 Å². The van der Waals surface area contributed by atoms with E-state index in [1.54, 1.807) is 24.3 Å². The van der Waals surface area contributed by atoms with E-state index < -0.39 is 11.9 Å². The molecule has 0 saturated heterocycles. The fourth-order valence-electron chi connectivity index (χ4n) is 3.90. The fourth-order valence-corrected chi connectivity index (χ4v) is 3.90. The Labute approximate surface area is 234 Å². The van der Waals surface area contributed by atoms with Crippen LogP contribution in [0, 0.1) is 11.3 Å². The predicted molar refractivity (Wildman–Crippen MR) is 152 cm³/mol. The lowest BCUT2D eigenvalue weighted by atomic mass is 9.97. The van der Waals surface area contributed by atoms with Gasteiger partial charge in [0.1, 0.15) is 44.1 Å². The number of esters is 1. The lowest BCUT2D eigenvalue weighted by molar-refractivity contribution is -0.145. The Balaban J connectivity index is 1.24. The Morgan fingerprint density at radius 3 is 2.02 bits per heavy atom. The van der Waals surface area contributed by atoms with Crippen LogP contribution in [-0.4, -0.2) is 25.4 Å². The first-order valence-electron chi connectivity index (χ1n) is 12.8. The molecule has 0 heterocycles. The summed E-state index contributed by atoms with van der Waals surface area (Å²) in [6.45, 7) is 0.830. The summed E-state index contributed by atoms with van der Waals surface area (Å²) in [5.74, 6) is 0.361. The molecule has 202 valence electrons. The number of rotatable bonds is 13. The molecule has 0 N–H and O–H groups in total. The number of ether oxygens (including phenoxy) is 3. The number of oxime groups is 1. The summed E-state index contributed by atoms with van der Waals surface area (Å²) < 4.78 is 17.1. The molecule has 7 heteroatoms. The van der Waals surface area contributed by atoms with Crippen LogP contribution in [0.1, 0.15) is 34.6 Å². The second-order valence-corrected chi connectivity index (χ2v) is 8.91. The highest BCUT2D eigenvalue weighted by atomic mass is 16.6. The van der Waals surface area contributed by atoms with Gasteiger partial charge in [-0.15, -0.1) is 0 Å². The average Bonchev–Trinajstić information content (AvgIpc) is 3.01. The van der Waals surface area contributed by atoms with Crippen LogP contribution in [0.25, 0.3) is 0 Å². The number of hydrogen-bond acceptors (Lipinski definition) is 7. The first kappa shape index (κ1) is 27.9. The molecule has 4 rings (SSSR count). The monoisotopic (exact) mass is 534 g/mol. The summed E-state index contributed by atoms with van der Waals surface area (Å²) in [4.78, 5) is 17.2. The first-order valence-corrected chi connectivity index (χ1v) is 12.8. The summed E-state index contributed by atoms with van der Waals surface area (Å²) in [6.07, 6.45) is -0.0118. The van der Waals surface area contributed by atoms with Gasteiger partial charge in [-0.25, -0.2) is 0 Å². The van der Waals surface area contributed by atoms with Gasteiger partial charge in [-0.3, -0.25) is 4.79 Å². The zero-order chi connectivity index (χ0) is 28.0. The predicted octanol–water partition coefficient (Wildman–Crippen LogP) is 6.44. The van der Waals surface area contributed by atoms with Crippen molar-refractivity contribution in [2.24, 2.45) is 5.16 Å². The largest absolute Gasteiger partial charge is 0.489 e. The van der Waals surface area contributed by atoms with E-state index in [-0.39, 0.29) is 19.6 Å². The molecule has 0 amide bonds. The number of carbonyl (C=O) groups excluding carboxylic acids is 1. The van der Waals surface area contributed by atoms with Crippen molar-refractivity contribution in [2.45, 2.75) is 25.6 Å². The first-order chi connectivity index (χ1) is 19.6. The quantitative estimate of drug-likeness (QED) is 0.111. The van der Waals surface area contributed by atoms with Crippen molar-refractivity contribution in [3.05, 3.63) is 131 Å². The number of nitriles is 1. The van der Waals surface area contributed by atoms with Crippen LogP contribution in [-0.2, 0) is 27.6 Å². The third-order valence-electron chi connectivity index (χ3n) is 6.06. The van der Waals surface area contributed by atoms with E-state index in [2.05, 4.69) is 11.2 Å². The minimum atomic E-state index is -0.596. The third kappa shape index (κ3) is 8.47. The molecule has 0 aromatic heterocycles. The van der Waals surface area contributed by atoms with Crippen LogP contribution < -0.4 is 9.47 Å². The molecule has 0 fully saturated rings. The van der Waals surface area contributed by atoms with Crippen molar-refractivity contribution in [2.75, 3.05) is 13.7 Å². The number of nitrogens with zero attached hydrogens (tertiary/aromatic N) is 2. The lowest BCUT2D eigenvalue weighted by Crippen LogP contribution is -2.13. The Hall–Kier alpha value is -5.09. The fraction of sp³-hybridized carbons (Fsp3) is 0.182. The van der Waals surface area contributed by atoms with Crippen LogP contribution >= 0.6 is 0 Å². The zero-order valence-corrected chi connectivity index (χ0v) is 22.2. The Morgan fingerprint density at radius 2 is 1.38 bits per heavy atom. The molecule has 0 aliphatic carbocycles. The highest BCUT2D eigenvalue weighted by Gasteiger charge is 2.17. The summed E-state index contributed by atoms with van der Waals surface area (Å²) in [5, 5.41) is 13.7. The second kappa shape index (κ2) is 14.7. The van der Waals surface area contributed by atoms with E-state index in [9.17, 15) is 10.1 Å². The van der Waals surface area contributed by atoms with E-state index >= 15 is 0 Å². The molecule has 7 nitrogen and oxygen atoms in total. The molecule has 4 aromatic rings. The van der Waals surface area contributed by atoms with E-state index in [4.69, 9.17) is 19.0 Å². The van der Waals surface area contributed by atoms with Crippen molar-refractivity contribution >= 4 is 11.7 Å². The summed E-state index contributed by atoms with van der Waals surface area (Å²) >= 11 is 0. The standard InChI is InChI=1S/C33H30N2O5/c1-37-35-32(28-10-6-3-7-11-28)24-39-30-16-12-26(13-17-30)22-38-31-18-14-27(15-19-31)29(21-34)20-33(36)40-23-25-8-4-2-5-9-25/h2-19,29H,20,22-24H2,1H3/b35-32-. The van der Waals surface area contributed by atoms with Gasteiger partial charge >= 0.3 is 5.97 Å². The maximum atomic E-state index is 12.3. The molecule has 0 spiro atoms. The van der Waals surface area contributed by atoms with Gasteiger partial charge in [0.2, 0.25) is 0 Å². The van der Waals surface area contributed by atoms with Crippen molar-refractivity contribution in [1.29, 1.82) is 5.26 Å². The van der Waals surface area contributed by atoms with Crippen molar-refractivity contribution in [1.82, 2.24) is 0 Å². The smallest absolute Gasteiger partial charge is 0.307 e. The molecule has 0 radical (unpaired) electrons. The molecular weight excluding hydrogens is 504 g/mol. The second-order valence-electron chi connectivity index (χ2n) is 8.91. The molecule has 0 bridgehead atoms. The summed E-state index contributed by atoms with van der Waals surface area (Å²) in [5.41, 5.74) is 4.24. The minimum Gasteiger partial charge on any atom is -0.489 e. The third-order valence-corrected chi connectivity index (χ3v) is 6.06. The van der Waals surface area contributed by atoms with Crippen LogP contribution in [0.3, 0.4) is 0 Å². The number of hydrogen-bond donors (Lipinski definition) is 0. The highest BCUT2D eigenvalue weighted by Crippen LogP contribution is 2.23. The number of benzene rings is 4. The van der Waals surface area contributed by atoms with Crippen LogP contribution in [0.15, 0.2) is 114 Å². The van der Waals surface area contributed by atoms with Gasteiger partial charge in [0.05, 0.1) is 18.4 Å². The normalized spacial score (nSPS) is 11.7. The van der Waals surface area contributed by atoms with Crippen LogP contribution in [0.2, 0.25) is 0 Å². The van der Waals surface area contributed by atoms with Gasteiger partial charge < -0.3 is 19.0 Å². The molecule has 1 unspecified atom stereocenters. The summed E-state index contributed by atoms with van der Waals surface area (Å²) in [6, 6.07) is 36.2. The van der Waals surface area contributed by atoms with E-state index in [1.165, 1.54) is 7.11 Å². The lowest BCUT2D eigenvalue weighted by Gasteiger charge is -2.12. The van der Waals surface area contributed by atoms with Gasteiger partial charge in [0, 0.05) is 5.56 Å². The Bertz CT molecular complexity index is 1410. The topological polar surface area (TPSA) is 90.1 Å². The molecule has 0 aliphatic heterocycles. The molecule has 4 aromatic carbocycles. The van der Waals surface area contributed by atoms with Crippen molar-refractivity contribution in [3.63, 3.8) is 0 Å².